The maximum absolute atomic E-state index is 14.1. The van der Waals surface area contributed by atoms with Crippen LogP contribution in [0.1, 0.15) is 52.0 Å². The van der Waals surface area contributed by atoms with Crippen molar-refractivity contribution in [1.29, 1.82) is 0 Å². The average Bonchev–Trinajstić information content (AvgIpc) is 2.82. The smallest absolute Gasteiger partial charge is 0.335 e. The summed E-state index contributed by atoms with van der Waals surface area (Å²) in [5.41, 5.74) is 1.60. The molecular formula is C26H27O5P. The SMILES string of the molecule is O=C(O)c1ccc(P(=O)(CCCCCCc2ccccc2)c2ccc(C(=O)O)cc2)cc1. The van der Waals surface area contributed by atoms with E-state index in [2.05, 4.69) is 12.1 Å². The zero-order valence-electron chi connectivity index (χ0n) is 17.8. The number of carboxylic acids is 2. The van der Waals surface area contributed by atoms with E-state index in [1.807, 2.05) is 18.2 Å². The third kappa shape index (κ3) is 5.95. The number of carbonyl (C=O) groups is 2. The highest BCUT2D eigenvalue weighted by Gasteiger charge is 2.27. The van der Waals surface area contributed by atoms with E-state index in [-0.39, 0.29) is 11.1 Å². The molecule has 0 spiro atoms. The molecule has 0 aromatic heterocycles. The minimum atomic E-state index is -3.02. The second-order valence-electron chi connectivity index (χ2n) is 7.82. The molecule has 0 unspecified atom stereocenters. The van der Waals surface area contributed by atoms with Crippen molar-refractivity contribution in [3.05, 3.63) is 95.6 Å². The highest BCUT2D eigenvalue weighted by atomic mass is 31.2. The molecule has 0 heterocycles. The fraction of sp³-hybridized carbons (Fsp3) is 0.231. The van der Waals surface area contributed by atoms with Gasteiger partial charge in [-0.2, -0.15) is 0 Å². The van der Waals surface area contributed by atoms with Gasteiger partial charge in [0, 0.05) is 16.8 Å². The number of aryl methyl sites for hydroxylation is 1. The Morgan fingerprint density at radius 3 is 1.56 bits per heavy atom. The second-order valence-corrected chi connectivity index (χ2v) is 10.8. The Bertz CT molecular complexity index is 1030. The van der Waals surface area contributed by atoms with E-state index >= 15 is 0 Å². The minimum absolute atomic E-state index is 0.141. The van der Waals surface area contributed by atoms with E-state index in [1.54, 1.807) is 24.3 Å². The molecule has 3 aromatic rings. The fourth-order valence-electron chi connectivity index (χ4n) is 3.76. The number of hydrogen-bond acceptors (Lipinski definition) is 3. The van der Waals surface area contributed by atoms with Crippen molar-refractivity contribution < 1.29 is 24.4 Å². The van der Waals surface area contributed by atoms with E-state index in [1.165, 1.54) is 29.8 Å². The molecular weight excluding hydrogens is 423 g/mol. The summed E-state index contributed by atoms with van der Waals surface area (Å²) in [5.74, 6) is -2.06. The highest BCUT2D eigenvalue weighted by Crippen LogP contribution is 2.44. The molecule has 0 aliphatic rings. The molecule has 0 bridgehead atoms. The summed E-state index contributed by atoms with van der Waals surface area (Å²) >= 11 is 0. The zero-order chi connectivity index (χ0) is 23.0. The minimum Gasteiger partial charge on any atom is -0.478 e. The number of carboxylic acid groups (broad SMARTS) is 2. The van der Waals surface area contributed by atoms with Crippen LogP contribution in [-0.4, -0.2) is 28.3 Å². The predicted octanol–water partition coefficient (Wildman–Crippen LogP) is 5.20. The molecule has 0 aliphatic carbocycles. The van der Waals surface area contributed by atoms with E-state index in [4.69, 9.17) is 10.2 Å². The fourth-order valence-corrected chi connectivity index (χ4v) is 6.50. The summed E-state index contributed by atoms with van der Waals surface area (Å²) in [6.07, 6.45) is 5.29. The molecule has 5 nitrogen and oxygen atoms in total. The van der Waals surface area contributed by atoms with Gasteiger partial charge in [0.25, 0.3) is 0 Å². The van der Waals surface area contributed by atoms with E-state index < -0.39 is 19.1 Å². The normalized spacial score (nSPS) is 11.2. The van der Waals surface area contributed by atoms with Gasteiger partial charge >= 0.3 is 11.9 Å². The summed E-state index contributed by atoms with van der Waals surface area (Å²) in [5, 5.41) is 19.5. The molecule has 0 radical (unpaired) electrons. The number of aromatic carboxylic acids is 2. The predicted molar refractivity (Wildman–Crippen MR) is 127 cm³/mol. The van der Waals surface area contributed by atoms with Crippen LogP contribution in [-0.2, 0) is 11.0 Å². The molecule has 166 valence electrons. The van der Waals surface area contributed by atoms with E-state index in [9.17, 15) is 14.2 Å². The Kier molecular flexibility index (Phi) is 8.02. The Balaban J connectivity index is 1.71. The standard InChI is InChI=1S/C26H27O5P/c27-25(28)21-11-15-23(16-12-21)32(31,24-17-13-22(14-18-24)26(29)30)19-7-2-1-4-8-20-9-5-3-6-10-20/h3,5-6,9-18H,1-2,4,7-8,19H2,(H,27,28)(H,29,30). The summed E-state index contributed by atoms with van der Waals surface area (Å²) < 4.78 is 14.1. The first-order chi connectivity index (χ1) is 15.4. The number of hydrogen-bond donors (Lipinski definition) is 2. The van der Waals surface area contributed by atoms with Gasteiger partial charge in [-0.3, -0.25) is 0 Å². The van der Waals surface area contributed by atoms with Gasteiger partial charge in [0.15, 0.2) is 0 Å². The summed E-state index contributed by atoms with van der Waals surface area (Å²) in [6.45, 7) is 0. The van der Waals surface area contributed by atoms with Gasteiger partial charge < -0.3 is 14.8 Å². The molecule has 0 saturated heterocycles. The van der Waals surface area contributed by atoms with Gasteiger partial charge in [-0.05, 0) is 49.1 Å². The first kappa shape index (κ1) is 23.5. The van der Waals surface area contributed by atoms with Crippen LogP contribution in [0.2, 0.25) is 0 Å². The molecule has 2 N–H and O–H groups in total. The number of benzene rings is 3. The zero-order valence-corrected chi connectivity index (χ0v) is 18.7. The van der Waals surface area contributed by atoms with Gasteiger partial charge in [0.1, 0.15) is 7.14 Å². The van der Waals surface area contributed by atoms with Crippen LogP contribution in [0.3, 0.4) is 0 Å². The van der Waals surface area contributed by atoms with Crippen LogP contribution in [0.5, 0.6) is 0 Å². The Labute approximate surface area is 188 Å². The maximum atomic E-state index is 14.1. The molecule has 0 atom stereocenters. The third-order valence-electron chi connectivity index (χ3n) is 5.59. The lowest BCUT2D eigenvalue weighted by atomic mass is 10.1. The van der Waals surface area contributed by atoms with Crippen LogP contribution < -0.4 is 10.6 Å². The topological polar surface area (TPSA) is 91.7 Å². The molecule has 3 aromatic carbocycles. The molecule has 0 aliphatic heterocycles. The quantitative estimate of drug-likeness (QED) is 0.309. The van der Waals surface area contributed by atoms with Crippen molar-refractivity contribution in [2.45, 2.75) is 32.1 Å². The van der Waals surface area contributed by atoms with Crippen molar-refractivity contribution in [2.75, 3.05) is 6.16 Å². The lowest BCUT2D eigenvalue weighted by Gasteiger charge is -2.20. The lowest BCUT2D eigenvalue weighted by Crippen LogP contribution is -2.19. The molecule has 0 saturated carbocycles. The molecule has 6 heteroatoms. The van der Waals surface area contributed by atoms with Gasteiger partial charge in [-0.1, -0.05) is 67.4 Å². The van der Waals surface area contributed by atoms with E-state index in [0.717, 1.165) is 32.1 Å². The summed E-state index contributed by atoms with van der Waals surface area (Å²) in [7, 11) is -3.02. The Morgan fingerprint density at radius 1 is 0.625 bits per heavy atom. The first-order valence-corrected chi connectivity index (χ1v) is 12.6. The van der Waals surface area contributed by atoms with Crippen LogP contribution in [0.15, 0.2) is 78.9 Å². The Hall–Kier alpha value is -3.17. The maximum Gasteiger partial charge on any atom is 0.335 e. The van der Waals surface area contributed by atoms with Crippen LogP contribution in [0.25, 0.3) is 0 Å². The highest BCUT2D eigenvalue weighted by molar-refractivity contribution is 7.78. The molecule has 3 rings (SSSR count). The van der Waals surface area contributed by atoms with Crippen LogP contribution >= 0.6 is 7.14 Å². The van der Waals surface area contributed by atoms with Gasteiger partial charge in [0.2, 0.25) is 0 Å². The number of unbranched alkanes of at least 4 members (excludes halogenated alkanes) is 3. The average molecular weight is 450 g/mol. The van der Waals surface area contributed by atoms with Crippen molar-refractivity contribution >= 4 is 29.7 Å². The second kappa shape index (κ2) is 10.9. The van der Waals surface area contributed by atoms with Crippen molar-refractivity contribution in [2.24, 2.45) is 0 Å². The largest absolute Gasteiger partial charge is 0.478 e. The monoisotopic (exact) mass is 450 g/mol. The first-order valence-electron chi connectivity index (χ1n) is 10.7. The summed E-state index contributed by atoms with van der Waals surface area (Å²) in [6, 6.07) is 22.7. The van der Waals surface area contributed by atoms with E-state index in [0.29, 0.717) is 16.8 Å². The van der Waals surface area contributed by atoms with Crippen molar-refractivity contribution in [3.63, 3.8) is 0 Å². The van der Waals surface area contributed by atoms with Crippen LogP contribution in [0.4, 0.5) is 0 Å². The van der Waals surface area contributed by atoms with Crippen molar-refractivity contribution in [3.8, 4) is 0 Å². The van der Waals surface area contributed by atoms with Gasteiger partial charge in [0.05, 0.1) is 11.1 Å². The third-order valence-corrected chi connectivity index (χ3v) is 8.80. The summed E-state index contributed by atoms with van der Waals surface area (Å²) in [4.78, 5) is 22.4. The van der Waals surface area contributed by atoms with Gasteiger partial charge in [-0.25, -0.2) is 9.59 Å². The molecule has 0 amide bonds. The molecule has 0 fully saturated rings. The lowest BCUT2D eigenvalue weighted by molar-refractivity contribution is 0.0686. The number of rotatable bonds is 11. The van der Waals surface area contributed by atoms with Gasteiger partial charge in [-0.15, -0.1) is 0 Å². The van der Waals surface area contributed by atoms with Crippen LogP contribution in [0, 0.1) is 0 Å². The molecule has 32 heavy (non-hydrogen) atoms. The Morgan fingerprint density at radius 2 is 1.09 bits per heavy atom. The van der Waals surface area contributed by atoms with Crippen molar-refractivity contribution in [1.82, 2.24) is 0 Å².